The Labute approximate surface area is 266 Å². The quantitative estimate of drug-likeness (QED) is 0.170. The normalized spacial score (nSPS) is 25.7. The van der Waals surface area contributed by atoms with Crippen molar-refractivity contribution in [3.8, 4) is 0 Å². The third kappa shape index (κ3) is 6.84. The molecule has 1 N–H and O–H groups in total. The number of aliphatic hydroxyl groups is 1. The summed E-state index contributed by atoms with van der Waals surface area (Å²) in [5, 5.41) is 11.8. The van der Waals surface area contributed by atoms with Crippen LogP contribution >= 0.6 is 0 Å². The van der Waals surface area contributed by atoms with E-state index in [0.29, 0.717) is 35.4 Å². The third-order valence-electron chi connectivity index (χ3n) is 8.80. The van der Waals surface area contributed by atoms with E-state index in [9.17, 15) is 5.11 Å². The summed E-state index contributed by atoms with van der Waals surface area (Å²) in [7, 11) is -5.63. The lowest BCUT2D eigenvalue weighted by Gasteiger charge is -2.51. The van der Waals surface area contributed by atoms with E-state index in [2.05, 4.69) is 103 Å². The Balaban J connectivity index is 1.69. The molecule has 2 aromatic heterocycles. The number of hydrogen-bond acceptors (Lipinski definition) is 9. The molecule has 0 saturated carbocycles. The fraction of sp³-hybridized carbons (Fsp3) is 0.806. The minimum Gasteiger partial charge on any atom is -0.414 e. The van der Waals surface area contributed by atoms with Gasteiger partial charge < -0.3 is 27.7 Å². The molecule has 0 aliphatic carbocycles. The average molecular weight is 649 g/mol. The first kappa shape index (κ1) is 35.1. The standard InChI is InChI=1S/C31H56N6O5Si2/c1-19(2)13-36(14-20(3)4)17-35-29-26-30(33-16-32-29)37(18-34-26)31-27(38)28-25(40-31)15-39-43(21(5)6,22(7)8)42-44(41-28,23(9)10)24(11)12/h16-25,27-28,31,38H,13-15H2,1-12H3/b35-17+/t25-,27-,28-,31-/m1/s1. The van der Waals surface area contributed by atoms with Gasteiger partial charge in [0.15, 0.2) is 23.2 Å². The lowest BCUT2D eigenvalue weighted by molar-refractivity contribution is -0.0570. The van der Waals surface area contributed by atoms with Crippen LogP contribution in [0.1, 0.15) is 89.3 Å². The molecule has 248 valence electrons. The fourth-order valence-corrected chi connectivity index (χ4v) is 17.9. The molecule has 4 atom stereocenters. The van der Waals surface area contributed by atoms with Crippen molar-refractivity contribution in [2.75, 3.05) is 19.7 Å². The second kappa shape index (κ2) is 13.9. The van der Waals surface area contributed by atoms with Crippen molar-refractivity contribution in [3.05, 3.63) is 12.7 Å². The topological polar surface area (TPSA) is 116 Å². The molecule has 0 bridgehead atoms. The van der Waals surface area contributed by atoms with E-state index in [1.165, 1.54) is 6.33 Å². The van der Waals surface area contributed by atoms with E-state index < -0.39 is 41.7 Å². The van der Waals surface area contributed by atoms with Crippen molar-refractivity contribution in [1.29, 1.82) is 0 Å². The van der Waals surface area contributed by atoms with E-state index in [1.54, 1.807) is 10.9 Å². The Morgan fingerprint density at radius 1 is 0.909 bits per heavy atom. The molecule has 2 aliphatic heterocycles. The van der Waals surface area contributed by atoms with E-state index in [-0.39, 0.29) is 22.2 Å². The van der Waals surface area contributed by atoms with Gasteiger partial charge in [0.2, 0.25) is 0 Å². The van der Waals surface area contributed by atoms with Gasteiger partial charge in [-0.1, -0.05) is 83.1 Å². The Hall–Kier alpha value is -1.75. The molecule has 4 heterocycles. The number of aromatic nitrogens is 4. The Morgan fingerprint density at radius 3 is 2.05 bits per heavy atom. The molecule has 44 heavy (non-hydrogen) atoms. The van der Waals surface area contributed by atoms with Crippen LogP contribution < -0.4 is 0 Å². The van der Waals surface area contributed by atoms with Crippen molar-refractivity contribution < 1.29 is 22.8 Å². The van der Waals surface area contributed by atoms with E-state index in [1.807, 2.05) is 6.34 Å². The van der Waals surface area contributed by atoms with Crippen LogP contribution in [-0.4, -0.2) is 91.0 Å². The number of ether oxygens (including phenoxy) is 1. The van der Waals surface area contributed by atoms with Gasteiger partial charge in [0.25, 0.3) is 0 Å². The van der Waals surface area contributed by atoms with E-state index >= 15 is 0 Å². The molecule has 2 fully saturated rings. The van der Waals surface area contributed by atoms with E-state index in [4.69, 9.17) is 22.7 Å². The van der Waals surface area contributed by atoms with Gasteiger partial charge in [-0.2, -0.15) is 0 Å². The number of nitrogens with zero attached hydrogens (tertiary/aromatic N) is 6. The summed E-state index contributed by atoms with van der Waals surface area (Å²) < 4.78 is 29.6. The summed E-state index contributed by atoms with van der Waals surface area (Å²) in [5.74, 6) is 1.48. The SMILES string of the molecule is CC(C)CN(/C=N/c1ncnc2c1ncn2[C@@H]1O[C@@H]2CO[Si](C(C)C)(C(C)C)O[Si](C(C)C)(C(C)C)O[C@H]2[C@H]1O)CC(C)C. The largest absolute Gasteiger partial charge is 0.414 e. The van der Waals surface area contributed by atoms with Crippen molar-refractivity contribution in [1.82, 2.24) is 24.4 Å². The molecular formula is C31H56N6O5Si2. The molecule has 2 saturated heterocycles. The second-order valence-electron chi connectivity index (χ2n) is 14.6. The van der Waals surface area contributed by atoms with Crippen molar-refractivity contribution in [2.24, 2.45) is 16.8 Å². The number of aliphatic hydroxyl groups excluding tert-OH is 1. The monoisotopic (exact) mass is 648 g/mol. The zero-order valence-electron chi connectivity index (χ0n) is 28.9. The molecule has 4 rings (SSSR count). The lowest BCUT2D eigenvalue weighted by atomic mass is 10.1. The molecule has 0 unspecified atom stereocenters. The zero-order valence-corrected chi connectivity index (χ0v) is 30.9. The molecule has 0 amide bonds. The van der Waals surface area contributed by atoms with Gasteiger partial charge in [0.1, 0.15) is 24.6 Å². The predicted molar refractivity (Wildman–Crippen MR) is 178 cm³/mol. The fourth-order valence-electron chi connectivity index (χ4n) is 6.73. The van der Waals surface area contributed by atoms with Crippen LogP contribution in [-0.2, 0) is 17.7 Å². The first-order chi connectivity index (χ1) is 20.6. The Morgan fingerprint density at radius 2 is 1.50 bits per heavy atom. The van der Waals surface area contributed by atoms with Crippen molar-refractivity contribution in [3.63, 3.8) is 0 Å². The molecule has 0 radical (unpaired) electrons. The number of imidazole rings is 1. The summed E-state index contributed by atoms with van der Waals surface area (Å²) >= 11 is 0. The summed E-state index contributed by atoms with van der Waals surface area (Å²) in [6.45, 7) is 28.4. The molecular weight excluding hydrogens is 593 g/mol. The van der Waals surface area contributed by atoms with Gasteiger partial charge in [-0.25, -0.2) is 19.9 Å². The van der Waals surface area contributed by atoms with Crippen LogP contribution in [0.3, 0.4) is 0 Å². The van der Waals surface area contributed by atoms with Crippen molar-refractivity contribution in [2.45, 2.75) is 130 Å². The number of aliphatic imine (C=N–C) groups is 1. The molecule has 0 spiro atoms. The highest BCUT2D eigenvalue weighted by molar-refractivity contribution is 6.84. The van der Waals surface area contributed by atoms with Crippen LogP contribution in [0.4, 0.5) is 5.82 Å². The Bertz CT molecular complexity index is 1240. The lowest BCUT2D eigenvalue weighted by Crippen LogP contribution is -2.65. The minimum absolute atomic E-state index is 0.147. The predicted octanol–water partition coefficient (Wildman–Crippen LogP) is 6.31. The maximum Gasteiger partial charge on any atom is 0.335 e. The highest BCUT2D eigenvalue weighted by atomic mass is 28.5. The first-order valence-electron chi connectivity index (χ1n) is 16.4. The van der Waals surface area contributed by atoms with Gasteiger partial charge in [-0.3, -0.25) is 4.57 Å². The number of fused-ring (bicyclic) bond motifs is 2. The van der Waals surface area contributed by atoms with Gasteiger partial charge in [-0.05, 0) is 34.0 Å². The smallest absolute Gasteiger partial charge is 0.335 e. The first-order valence-corrected chi connectivity index (χ1v) is 20.4. The molecule has 11 nitrogen and oxygen atoms in total. The molecule has 2 aliphatic rings. The zero-order chi connectivity index (χ0) is 32.6. The van der Waals surface area contributed by atoms with Gasteiger partial charge >= 0.3 is 17.1 Å². The van der Waals surface area contributed by atoms with E-state index in [0.717, 1.165) is 13.1 Å². The molecule has 13 heteroatoms. The Kier molecular flexibility index (Phi) is 11.1. The van der Waals surface area contributed by atoms with Gasteiger partial charge in [0, 0.05) is 13.1 Å². The minimum atomic E-state index is -2.91. The van der Waals surface area contributed by atoms with Crippen LogP contribution in [0.25, 0.3) is 11.2 Å². The van der Waals surface area contributed by atoms with Crippen LogP contribution in [0.5, 0.6) is 0 Å². The third-order valence-corrected chi connectivity index (χ3v) is 19.0. The summed E-state index contributed by atoms with van der Waals surface area (Å²) in [6, 6.07) is 0. The van der Waals surface area contributed by atoms with Crippen molar-refractivity contribution >= 4 is 40.4 Å². The van der Waals surface area contributed by atoms with Crippen LogP contribution in [0.15, 0.2) is 17.6 Å². The average Bonchev–Trinajstić information content (AvgIpc) is 3.46. The molecule has 2 aromatic rings. The molecule has 0 aromatic carbocycles. The summed E-state index contributed by atoms with van der Waals surface area (Å²) in [4.78, 5) is 20.6. The highest BCUT2D eigenvalue weighted by Gasteiger charge is 2.61. The van der Waals surface area contributed by atoms with Gasteiger partial charge in [0.05, 0.1) is 19.3 Å². The van der Waals surface area contributed by atoms with Gasteiger partial charge in [-0.15, -0.1) is 0 Å². The number of rotatable bonds is 11. The summed E-state index contributed by atoms with van der Waals surface area (Å²) in [5.41, 5.74) is 1.84. The second-order valence-corrected chi connectivity index (χ2v) is 23.5. The maximum atomic E-state index is 11.8. The maximum absolute atomic E-state index is 11.8. The van der Waals surface area contributed by atoms with Crippen LogP contribution in [0.2, 0.25) is 22.2 Å². The van der Waals surface area contributed by atoms with Crippen LogP contribution in [0, 0.1) is 11.8 Å². The number of hydrogen-bond donors (Lipinski definition) is 1. The summed E-state index contributed by atoms with van der Waals surface area (Å²) in [6.07, 6.45) is 2.18. The highest BCUT2D eigenvalue weighted by Crippen LogP contribution is 2.48.